The van der Waals surface area contributed by atoms with Crippen LogP contribution in [0.1, 0.15) is 34.6 Å². The van der Waals surface area contributed by atoms with E-state index in [-0.39, 0.29) is 11.7 Å². The first-order chi connectivity index (χ1) is 11.0. The van der Waals surface area contributed by atoms with Crippen molar-refractivity contribution in [2.75, 3.05) is 13.6 Å². The number of benzene rings is 2. The van der Waals surface area contributed by atoms with Crippen LogP contribution in [0, 0.1) is 0 Å². The standard InChI is InChI=1S/C19H20ClNOS/c1-21-7-6-12-8-16(20)18(22)10-15(12)19-14-9-13(23)4-2-11(14)3-5-17(19)21/h2,4,8-10,17,19,22-23H,3,5-7H2,1H3/t17-,19?/m0/s1. The third kappa shape index (κ3) is 2.55. The van der Waals surface area contributed by atoms with E-state index in [1.165, 1.54) is 22.3 Å². The largest absolute Gasteiger partial charge is 0.506 e. The van der Waals surface area contributed by atoms with Gasteiger partial charge < -0.3 is 10.0 Å². The lowest BCUT2D eigenvalue weighted by molar-refractivity contribution is 0.214. The van der Waals surface area contributed by atoms with Gasteiger partial charge in [0.25, 0.3) is 0 Å². The Kier molecular flexibility index (Phi) is 3.83. The van der Waals surface area contributed by atoms with E-state index in [0.717, 1.165) is 30.7 Å². The number of thiol groups is 1. The van der Waals surface area contributed by atoms with Gasteiger partial charge in [-0.15, -0.1) is 12.6 Å². The number of fused-ring (bicyclic) bond motifs is 5. The van der Waals surface area contributed by atoms with Crippen LogP contribution in [-0.4, -0.2) is 29.6 Å². The van der Waals surface area contributed by atoms with Gasteiger partial charge in [0.05, 0.1) is 5.02 Å². The Hall–Kier alpha value is -1.16. The summed E-state index contributed by atoms with van der Waals surface area (Å²) in [6.07, 6.45) is 3.21. The zero-order valence-corrected chi connectivity index (χ0v) is 14.7. The second-order valence-corrected chi connectivity index (χ2v) is 7.62. The van der Waals surface area contributed by atoms with E-state index < -0.39 is 0 Å². The van der Waals surface area contributed by atoms with E-state index in [9.17, 15) is 5.11 Å². The van der Waals surface area contributed by atoms with E-state index in [1.807, 2.05) is 12.1 Å². The minimum atomic E-state index is 0.183. The van der Waals surface area contributed by atoms with Gasteiger partial charge >= 0.3 is 0 Å². The molecule has 1 unspecified atom stereocenters. The zero-order chi connectivity index (χ0) is 16.1. The fourth-order valence-electron chi connectivity index (χ4n) is 4.21. The lowest BCUT2D eigenvalue weighted by Crippen LogP contribution is -2.39. The van der Waals surface area contributed by atoms with Gasteiger partial charge in [0, 0.05) is 23.4 Å². The number of aromatic hydroxyl groups is 1. The van der Waals surface area contributed by atoms with Crippen LogP contribution in [0.4, 0.5) is 0 Å². The van der Waals surface area contributed by atoms with Gasteiger partial charge in [-0.3, -0.25) is 0 Å². The number of nitrogens with zero attached hydrogens (tertiary/aromatic N) is 1. The third-order valence-corrected chi connectivity index (χ3v) is 5.98. The summed E-state index contributed by atoms with van der Waals surface area (Å²) in [5, 5.41) is 10.6. The molecule has 4 heteroatoms. The molecule has 1 aliphatic carbocycles. The molecule has 0 amide bonds. The first-order valence-corrected chi connectivity index (χ1v) is 8.90. The van der Waals surface area contributed by atoms with Crippen molar-refractivity contribution in [2.45, 2.75) is 36.1 Å². The van der Waals surface area contributed by atoms with Crippen LogP contribution in [0.25, 0.3) is 0 Å². The van der Waals surface area contributed by atoms with Crippen molar-refractivity contribution in [3.63, 3.8) is 0 Å². The molecule has 0 saturated carbocycles. The van der Waals surface area contributed by atoms with E-state index in [4.69, 9.17) is 11.6 Å². The number of phenolic OH excluding ortho intramolecular Hbond substituents is 1. The molecule has 2 nitrogen and oxygen atoms in total. The number of likely N-dealkylation sites (N-methyl/N-ethyl adjacent to an activating group) is 1. The summed E-state index contributed by atoms with van der Waals surface area (Å²) in [5.41, 5.74) is 5.23. The number of halogens is 1. The number of rotatable bonds is 0. The lowest BCUT2D eigenvalue weighted by atomic mass is 9.74. The molecule has 2 atom stereocenters. The highest BCUT2D eigenvalue weighted by atomic mass is 35.5. The molecule has 2 aromatic carbocycles. The maximum atomic E-state index is 10.2. The highest BCUT2D eigenvalue weighted by Crippen LogP contribution is 2.44. The predicted molar refractivity (Wildman–Crippen MR) is 97.1 cm³/mol. The van der Waals surface area contributed by atoms with Crippen molar-refractivity contribution >= 4 is 24.2 Å². The van der Waals surface area contributed by atoms with Crippen molar-refractivity contribution in [3.05, 3.63) is 57.6 Å². The molecule has 2 aliphatic rings. The minimum Gasteiger partial charge on any atom is -0.506 e. The molecule has 4 rings (SSSR count). The van der Waals surface area contributed by atoms with E-state index in [2.05, 4.69) is 42.8 Å². The Bertz CT molecular complexity index is 776. The van der Waals surface area contributed by atoms with Gasteiger partial charge in [0.1, 0.15) is 5.75 Å². The molecule has 0 radical (unpaired) electrons. The monoisotopic (exact) mass is 345 g/mol. The molecule has 0 bridgehead atoms. The Morgan fingerprint density at radius 2 is 1.91 bits per heavy atom. The number of phenols is 1. The summed E-state index contributed by atoms with van der Waals surface area (Å²) < 4.78 is 0. The first kappa shape index (κ1) is 15.4. The lowest BCUT2D eigenvalue weighted by Gasteiger charge is -2.38. The Labute approximate surface area is 147 Å². The summed E-state index contributed by atoms with van der Waals surface area (Å²) in [5.74, 6) is 0.458. The second-order valence-electron chi connectivity index (χ2n) is 6.70. The quantitative estimate of drug-likeness (QED) is 0.697. The Morgan fingerprint density at radius 3 is 2.74 bits per heavy atom. The molecule has 1 aliphatic heterocycles. The summed E-state index contributed by atoms with van der Waals surface area (Å²) in [6.45, 7) is 1.02. The molecule has 23 heavy (non-hydrogen) atoms. The number of hydrogen-bond donors (Lipinski definition) is 2. The molecule has 120 valence electrons. The van der Waals surface area contributed by atoms with Crippen molar-refractivity contribution in [1.29, 1.82) is 0 Å². The van der Waals surface area contributed by atoms with Crippen LogP contribution in [-0.2, 0) is 12.8 Å². The zero-order valence-electron chi connectivity index (χ0n) is 13.1. The van der Waals surface area contributed by atoms with Crippen LogP contribution in [0.2, 0.25) is 5.02 Å². The van der Waals surface area contributed by atoms with Crippen LogP contribution >= 0.6 is 24.2 Å². The molecular formula is C19H20ClNOS. The third-order valence-electron chi connectivity index (χ3n) is 5.40. The van der Waals surface area contributed by atoms with E-state index in [1.54, 1.807) is 0 Å². The normalized spacial score (nSPS) is 23.6. The molecule has 0 spiro atoms. The predicted octanol–water partition coefficient (Wildman–Crippen LogP) is 4.27. The van der Waals surface area contributed by atoms with E-state index in [0.29, 0.717) is 11.1 Å². The Morgan fingerprint density at radius 1 is 1.13 bits per heavy atom. The van der Waals surface area contributed by atoms with Crippen molar-refractivity contribution < 1.29 is 5.11 Å². The van der Waals surface area contributed by atoms with Crippen LogP contribution in [0.5, 0.6) is 5.75 Å². The van der Waals surface area contributed by atoms with Crippen molar-refractivity contribution in [2.24, 2.45) is 0 Å². The first-order valence-electron chi connectivity index (χ1n) is 8.08. The topological polar surface area (TPSA) is 23.5 Å². The van der Waals surface area contributed by atoms with Gasteiger partial charge in [0.2, 0.25) is 0 Å². The van der Waals surface area contributed by atoms with Crippen molar-refractivity contribution in [3.8, 4) is 5.75 Å². The molecule has 1 heterocycles. The molecule has 0 saturated heterocycles. The molecular weight excluding hydrogens is 326 g/mol. The van der Waals surface area contributed by atoms with Crippen LogP contribution < -0.4 is 0 Å². The van der Waals surface area contributed by atoms with Crippen LogP contribution in [0.15, 0.2) is 35.2 Å². The summed E-state index contributed by atoms with van der Waals surface area (Å²) in [7, 11) is 2.21. The summed E-state index contributed by atoms with van der Waals surface area (Å²) >= 11 is 10.7. The highest BCUT2D eigenvalue weighted by molar-refractivity contribution is 7.80. The smallest absolute Gasteiger partial charge is 0.134 e. The highest BCUT2D eigenvalue weighted by Gasteiger charge is 2.36. The van der Waals surface area contributed by atoms with Gasteiger partial charge in [-0.2, -0.15) is 0 Å². The van der Waals surface area contributed by atoms with Gasteiger partial charge in [-0.05, 0) is 72.8 Å². The van der Waals surface area contributed by atoms with E-state index >= 15 is 0 Å². The molecule has 2 aromatic rings. The van der Waals surface area contributed by atoms with Crippen LogP contribution in [0.3, 0.4) is 0 Å². The average molecular weight is 346 g/mol. The van der Waals surface area contributed by atoms with Gasteiger partial charge in [0.15, 0.2) is 0 Å². The summed E-state index contributed by atoms with van der Waals surface area (Å²) in [6, 6.07) is 10.8. The Balaban J connectivity index is 1.95. The average Bonchev–Trinajstić information content (AvgIpc) is 2.66. The molecule has 1 N–H and O–H groups in total. The van der Waals surface area contributed by atoms with Gasteiger partial charge in [-0.25, -0.2) is 0 Å². The molecule has 0 aromatic heterocycles. The maximum absolute atomic E-state index is 10.2. The van der Waals surface area contributed by atoms with Crippen molar-refractivity contribution in [1.82, 2.24) is 4.90 Å². The SMILES string of the molecule is CN1CCc2cc(Cl)c(O)cc2C2c3cc(S)ccc3CC[C@@H]21. The fraction of sp³-hybridized carbons (Fsp3) is 0.368. The second kappa shape index (κ2) is 5.73. The fourth-order valence-corrected chi connectivity index (χ4v) is 4.61. The molecule has 0 fully saturated rings. The maximum Gasteiger partial charge on any atom is 0.134 e. The van der Waals surface area contributed by atoms with Gasteiger partial charge in [-0.1, -0.05) is 17.7 Å². The minimum absolute atomic E-state index is 0.183. The summed E-state index contributed by atoms with van der Waals surface area (Å²) in [4.78, 5) is 3.46. The number of hydrogen-bond acceptors (Lipinski definition) is 3. The number of aryl methyl sites for hydroxylation is 1.